The lowest BCUT2D eigenvalue weighted by molar-refractivity contribution is 1.48. The predicted molar refractivity (Wildman–Crippen MR) is 53.5 cm³/mol. The van der Waals surface area contributed by atoms with Crippen molar-refractivity contribution < 1.29 is 0 Å². The molecule has 9 heavy (non-hydrogen) atoms. The van der Waals surface area contributed by atoms with Crippen LogP contribution in [-0.4, -0.2) is 10.2 Å². The van der Waals surface area contributed by atoms with Crippen molar-refractivity contribution >= 4 is 38.0 Å². The first-order chi connectivity index (χ1) is 4.20. The monoisotopic (exact) mass is 248 g/mol. The van der Waals surface area contributed by atoms with Crippen molar-refractivity contribution in [1.29, 1.82) is 0 Å². The molecule has 0 radical (unpaired) electrons. The van der Waals surface area contributed by atoms with Gasteiger partial charge < -0.3 is 0 Å². The van der Waals surface area contributed by atoms with E-state index in [1.165, 1.54) is 24.6 Å². The van der Waals surface area contributed by atoms with E-state index in [0.717, 1.165) is 0 Å². The zero-order valence-corrected chi connectivity index (χ0v) is 9.77. The van der Waals surface area contributed by atoms with Gasteiger partial charge in [-0.3, -0.25) is 0 Å². The maximum atomic E-state index is 2.38. The van der Waals surface area contributed by atoms with Crippen molar-refractivity contribution in [2.75, 3.05) is 0 Å². The van der Waals surface area contributed by atoms with Crippen molar-refractivity contribution in [3.63, 3.8) is 0 Å². The van der Waals surface area contributed by atoms with Crippen LogP contribution in [0.25, 0.3) is 0 Å². The van der Waals surface area contributed by atoms with Crippen LogP contribution in [0.1, 0.15) is 5.56 Å². The van der Waals surface area contributed by atoms with Crippen LogP contribution in [0.5, 0.6) is 0 Å². The largest absolute Gasteiger partial charge is 0.0601 e. The van der Waals surface area contributed by atoms with E-state index >= 15 is 0 Å². The summed E-state index contributed by atoms with van der Waals surface area (Å²) in [6, 6.07) is 6.59. The van der Waals surface area contributed by atoms with Gasteiger partial charge in [0.2, 0.25) is 0 Å². The van der Waals surface area contributed by atoms with Crippen LogP contribution in [0.3, 0.4) is 0 Å². The molecule has 1 aromatic carbocycles. The van der Waals surface area contributed by atoms with Crippen molar-refractivity contribution in [2.45, 2.75) is 6.92 Å². The molecular formula is C7H9ISi. The molecule has 0 heterocycles. The van der Waals surface area contributed by atoms with Gasteiger partial charge in [0.15, 0.2) is 0 Å². The summed E-state index contributed by atoms with van der Waals surface area (Å²) in [6.07, 6.45) is 0. The Morgan fingerprint density at radius 3 is 2.56 bits per heavy atom. The van der Waals surface area contributed by atoms with Crippen LogP contribution in [0.15, 0.2) is 18.2 Å². The van der Waals surface area contributed by atoms with E-state index in [-0.39, 0.29) is 0 Å². The van der Waals surface area contributed by atoms with E-state index in [1.807, 2.05) is 0 Å². The van der Waals surface area contributed by atoms with E-state index in [4.69, 9.17) is 0 Å². The molecule has 0 spiro atoms. The lowest BCUT2D eigenvalue weighted by atomic mass is 10.2. The minimum atomic E-state index is 1.17. The maximum absolute atomic E-state index is 2.38. The smallest absolute Gasteiger partial charge is 0.0399 e. The Morgan fingerprint density at radius 2 is 2.11 bits per heavy atom. The van der Waals surface area contributed by atoms with E-state index in [1.54, 1.807) is 0 Å². The Morgan fingerprint density at radius 1 is 1.44 bits per heavy atom. The standard InChI is InChI=1S/C7H9ISi/c1-5-2-3-6(8)7(9)4-5/h2-4H,1,9H3. The predicted octanol–water partition coefficient (Wildman–Crippen LogP) is 0.590. The molecule has 0 nitrogen and oxygen atoms in total. The van der Waals surface area contributed by atoms with Gasteiger partial charge in [-0.25, -0.2) is 0 Å². The number of halogens is 1. The first-order valence-electron chi connectivity index (χ1n) is 2.93. The summed E-state index contributed by atoms with van der Waals surface area (Å²) in [5, 5.41) is 1.51. The molecule has 0 N–H and O–H groups in total. The normalized spacial score (nSPS) is 10.0. The molecule has 0 atom stereocenters. The van der Waals surface area contributed by atoms with Gasteiger partial charge in [0.05, 0.1) is 0 Å². The topological polar surface area (TPSA) is 0 Å². The minimum absolute atomic E-state index is 1.17. The highest BCUT2D eigenvalue weighted by Crippen LogP contribution is 2.01. The average molecular weight is 248 g/mol. The number of hydrogen-bond donors (Lipinski definition) is 0. The molecule has 0 amide bonds. The third-order valence-electron chi connectivity index (χ3n) is 1.31. The second kappa shape index (κ2) is 2.83. The van der Waals surface area contributed by atoms with Crippen LogP contribution in [0, 0.1) is 10.5 Å². The van der Waals surface area contributed by atoms with Gasteiger partial charge in [-0.05, 0) is 35.6 Å². The highest BCUT2D eigenvalue weighted by atomic mass is 127. The summed E-state index contributed by atoms with van der Waals surface area (Å²) < 4.78 is 1.41. The van der Waals surface area contributed by atoms with Crippen molar-refractivity contribution in [2.24, 2.45) is 0 Å². The molecule has 0 aliphatic heterocycles. The summed E-state index contributed by atoms with van der Waals surface area (Å²) in [5.41, 5.74) is 1.38. The van der Waals surface area contributed by atoms with Crippen LogP contribution in [-0.2, 0) is 0 Å². The highest BCUT2D eigenvalue weighted by molar-refractivity contribution is 14.1. The fourth-order valence-corrected chi connectivity index (χ4v) is 1.75. The van der Waals surface area contributed by atoms with Crippen LogP contribution in [0.2, 0.25) is 0 Å². The lowest BCUT2D eigenvalue weighted by Gasteiger charge is -1.97. The zero-order valence-electron chi connectivity index (χ0n) is 5.61. The van der Waals surface area contributed by atoms with Gasteiger partial charge in [-0.15, -0.1) is 0 Å². The molecule has 0 unspecified atom stereocenters. The van der Waals surface area contributed by atoms with Gasteiger partial charge in [0.25, 0.3) is 0 Å². The summed E-state index contributed by atoms with van der Waals surface area (Å²) in [7, 11) is 1.17. The van der Waals surface area contributed by atoms with Gasteiger partial charge >= 0.3 is 0 Å². The first-order valence-corrected chi connectivity index (χ1v) is 5.01. The Balaban J connectivity index is 3.17. The fraction of sp³-hybridized carbons (Fsp3) is 0.143. The molecule has 1 rings (SSSR count). The minimum Gasteiger partial charge on any atom is -0.0601 e. The molecule has 0 fully saturated rings. The Bertz CT molecular complexity index is 220. The summed E-state index contributed by atoms with van der Waals surface area (Å²) in [6.45, 7) is 2.14. The molecule has 0 aromatic heterocycles. The van der Waals surface area contributed by atoms with Crippen LogP contribution >= 0.6 is 22.6 Å². The fourth-order valence-electron chi connectivity index (χ4n) is 0.795. The number of rotatable bonds is 0. The van der Waals surface area contributed by atoms with Crippen LogP contribution < -0.4 is 5.19 Å². The number of benzene rings is 1. The van der Waals surface area contributed by atoms with E-state index in [9.17, 15) is 0 Å². The van der Waals surface area contributed by atoms with Crippen molar-refractivity contribution in [3.05, 3.63) is 27.3 Å². The maximum Gasteiger partial charge on any atom is 0.0399 e. The van der Waals surface area contributed by atoms with Crippen molar-refractivity contribution in [1.82, 2.24) is 0 Å². The Labute approximate surface area is 72.2 Å². The van der Waals surface area contributed by atoms with Gasteiger partial charge in [0.1, 0.15) is 0 Å². The van der Waals surface area contributed by atoms with Gasteiger partial charge in [-0.2, -0.15) is 0 Å². The molecule has 2 heteroatoms. The molecule has 0 saturated carbocycles. The molecule has 1 aromatic rings. The SMILES string of the molecule is Cc1ccc(I)c([SiH3])c1. The molecule has 0 aliphatic rings. The summed E-state index contributed by atoms with van der Waals surface area (Å²) in [5.74, 6) is 0. The van der Waals surface area contributed by atoms with Crippen molar-refractivity contribution in [3.8, 4) is 0 Å². The zero-order chi connectivity index (χ0) is 6.85. The summed E-state index contributed by atoms with van der Waals surface area (Å²) >= 11 is 2.38. The third kappa shape index (κ3) is 1.79. The molecule has 0 saturated heterocycles. The Kier molecular flexibility index (Phi) is 2.29. The number of aryl methyl sites for hydroxylation is 1. The van der Waals surface area contributed by atoms with E-state index in [2.05, 4.69) is 47.7 Å². The van der Waals surface area contributed by atoms with Gasteiger partial charge in [0, 0.05) is 13.8 Å². The van der Waals surface area contributed by atoms with Gasteiger partial charge in [-0.1, -0.05) is 22.9 Å². The molecular weight excluding hydrogens is 239 g/mol. The Hall–Kier alpha value is 0.167. The third-order valence-corrected chi connectivity index (χ3v) is 4.37. The molecule has 0 bridgehead atoms. The second-order valence-corrected chi connectivity index (χ2v) is 4.49. The number of hydrogen-bond acceptors (Lipinski definition) is 0. The first kappa shape index (κ1) is 7.28. The average Bonchev–Trinajstić information content (AvgIpc) is 1.80. The second-order valence-electron chi connectivity index (χ2n) is 2.25. The highest BCUT2D eigenvalue weighted by Gasteiger charge is 1.90. The van der Waals surface area contributed by atoms with E-state index < -0.39 is 0 Å². The quantitative estimate of drug-likeness (QED) is 0.465. The molecule has 48 valence electrons. The van der Waals surface area contributed by atoms with E-state index in [0.29, 0.717) is 0 Å². The lowest BCUT2D eigenvalue weighted by Crippen LogP contribution is -2.06. The summed E-state index contributed by atoms with van der Waals surface area (Å²) in [4.78, 5) is 0. The molecule has 0 aliphatic carbocycles. The van der Waals surface area contributed by atoms with Crippen LogP contribution in [0.4, 0.5) is 0 Å².